The van der Waals surface area contributed by atoms with Gasteiger partial charge in [0, 0.05) is 6.54 Å². The van der Waals surface area contributed by atoms with Crippen LogP contribution in [0.1, 0.15) is 29.2 Å². The molecule has 1 saturated heterocycles. The van der Waals surface area contributed by atoms with E-state index >= 15 is 0 Å². The predicted octanol–water partition coefficient (Wildman–Crippen LogP) is 3.39. The number of carbonyl (C=O) groups is 3. The Morgan fingerprint density at radius 3 is 2.03 bits per heavy atom. The topological polar surface area (TPSA) is 75.7 Å². The number of nitrogens with zero attached hydrogens (tertiary/aromatic N) is 1. The summed E-state index contributed by atoms with van der Waals surface area (Å²) in [7, 11) is 0. The third-order valence-corrected chi connectivity index (χ3v) is 5.44. The van der Waals surface area contributed by atoms with Crippen LogP contribution in [0.15, 0.2) is 91.0 Å². The van der Waals surface area contributed by atoms with Crippen molar-refractivity contribution < 1.29 is 19.1 Å². The van der Waals surface area contributed by atoms with Crippen LogP contribution in [0.25, 0.3) is 0 Å². The number of nitrogens with one attached hydrogen (secondary N) is 1. The summed E-state index contributed by atoms with van der Waals surface area (Å²) in [6.45, 7) is 0.447. The summed E-state index contributed by atoms with van der Waals surface area (Å²) in [6.07, 6.45) is 0.0307. The molecule has 3 aromatic rings. The van der Waals surface area contributed by atoms with E-state index in [9.17, 15) is 14.4 Å². The average molecular weight is 428 g/mol. The van der Waals surface area contributed by atoms with Crippen LogP contribution in [0.3, 0.4) is 0 Å². The Morgan fingerprint density at radius 2 is 1.44 bits per heavy atom. The van der Waals surface area contributed by atoms with Gasteiger partial charge in [-0.2, -0.15) is 0 Å². The van der Waals surface area contributed by atoms with Gasteiger partial charge in [0.2, 0.25) is 11.8 Å². The summed E-state index contributed by atoms with van der Waals surface area (Å²) in [6, 6.07) is 26.2. The number of likely N-dealkylation sites (tertiary alicyclic amines) is 1. The van der Waals surface area contributed by atoms with Crippen molar-refractivity contribution in [2.45, 2.75) is 31.7 Å². The molecule has 0 aromatic heterocycles. The molecular weight excluding hydrogens is 404 g/mol. The summed E-state index contributed by atoms with van der Waals surface area (Å²) in [5.74, 6) is -1.10. The molecule has 32 heavy (non-hydrogen) atoms. The van der Waals surface area contributed by atoms with Crippen LogP contribution in [0.4, 0.5) is 0 Å². The SMILES string of the molecule is O=C(OCc1ccccc1)C1CC(=O)N1C(C(=O)NCc1ccccc1)c1ccccc1. The van der Waals surface area contributed by atoms with Crippen LogP contribution in [0.5, 0.6) is 0 Å². The molecule has 1 N–H and O–H groups in total. The lowest BCUT2D eigenvalue weighted by molar-refractivity contribution is -0.172. The Bertz CT molecular complexity index is 1070. The fraction of sp³-hybridized carbons (Fsp3) is 0.192. The van der Waals surface area contributed by atoms with Crippen LogP contribution in [0, 0.1) is 0 Å². The van der Waals surface area contributed by atoms with E-state index in [-0.39, 0.29) is 24.8 Å². The van der Waals surface area contributed by atoms with Gasteiger partial charge < -0.3 is 15.0 Å². The number of β-lactam (4-membered cyclic amide) rings is 1. The van der Waals surface area contributed by atoms with Crippen molar-refractivity contribution in [1.82, 2.24) is 10.2 Å². The fourth-order valence-electron chi connectivity index (χ4n) is 3.73. The molecule has 162 valence electrons. The molecule has 2 unspecified atom stereocenters. The number of carbonyl (C=O) groups excluding carboxylic acids is 3. The molecule has 0 saturated carbocycles. The number of hydrogen-bond acceptors (Lipinski definition) is 4. The van der Waals surface area contributed by atoms with Crippen molar-refractivity contribution in [1.29, 1.82) is 0 Å². The van der Waals surface area contributed by atoms with Crippen molar-refractivity contribution in [3.63, 3.8) is 0 Å². The van der Waals surface area contributed by atoms with E-state index in [1.807, 2.05) is 66.7 Å². The first-order chi connectivity index (χ1) is 15.6. The zero-order valence-corrected chi connectivity index (χ0v) is 17.5. The zero-order chi connectivity index (χ0) is 22.3. The van der Waals surface area contributed by atoms with Crippen molar-refractivity contribution >= 4 is 17.8 Å². The lowest BCUT2D eigenvalue weighted by Crippen LogP contribution is -2.60. The highest BCUT2D eigenvalue weighted by Crippen LogP contribution is 2.33. The van der Waals surface area contributed by atoms with Gasteiger partial charge in [0.05, 0.1) is 6.42 Å². The molecule has 3 aromatic carbocycles. The third-order valence-electron chi connectivity index (χ3n) is 5.44. The Hall–Kier alpha value is -3.93. The first-order valence-electron chi connectivity index (χ1n) is 10.5. The molecule has 0 spiro atoms. The van der Waals surface area contributed by atoms with Gasteiger partial charge in [-0.15, -0.1) is 0 Å². The van der Waals surface area contributed by atoms with Crippen LogP contribution >= 0.6 is 0 Å². The molecule has 6 nitrogen and oxygen atoms in total. The minimum Gasteiger partial charge on any atom is -0.459 e. The Kier molecular flexibility index (Phi) is 6.60. The fourth-order valence-corrected chi connectivity index (χ4v) is 3.73. The Labute approximate surface area is 186 Å². The zero-order valence-electron chi connectivity index (χ0n) is 17.5. The van der Waals surface area contributed by atoms with Gasteiger partial charge in [0.25, 0.3) is 0 Å². The maximum atomic E-state index is 13.2. The van der Waals surface area contributed by atoms with Crippen molar-refractivity contribution in [3.8, 4) is 0 Å². The van der Waals surface area contributed by atoms with Gasteiger partial charge in [0.15, 0.2) is 0 Å². The van der Waals surface area contributed by atoms with E-state index in [0.29, 0.717) is 12.1 Å². The van der Waals surface area contributed by atoms with E-state index in [2.05, 4.69) is 5.32 Å². The number of esters is 1. The number of amides is 2. The van der Waals surface area contributed by atoms with Gasteiger partial charge in [-0.25, -0.2) is 4.79 Å². The maximum absolute atomic E-state index is 13.2. The van der Waals surface area contributed by atoms with Gasteiger partial charge in [-0.05, 0) is 16.7 Å². The second kappa shape index (κ2) is 9.92. The number of rotatable bonds is 8. The molecular formula is C26H24N2O4. The van der Waals surface area contributed by atoms with Crippen LogP contribution in [0.2, 0.25) is 0 Å². The lowest BCUT2D eigenvalue weighted by atomic mass is 9.94. The van der Waals surface area contributed by atoms with Crippen LogP contribution < -0.4 is 5.32 Å². The van der Waals surface area contributed by atoms with E-state index in [1.165, 1.54) is 4.90 Å². The maximum Gasteiger partial charge on any atom is 0.329 e. The first-order valence-corrected chi connectivity index (χ1v) is 10.5. The molecule has 0 aliphatic carbocycles. The van der Waals surface area contributed by atoms with E-state index in [1.54, 1.807) is 24.3 Å². The van der Waals surface area contributed by atoms with E-state index in [0.717, 1.165) is 11.1 Å². The molecule has 1 aliphatic heterocycles. The summed E-state index contributed by atoms with van der Waals surface area (Å²) in [4.78, 5) is 39.8. The highest BCUT2D eigenvalue weighted by molar-refractivity contribution is 5.99. The minimum absolute atomic E-state index is 0.0307. The number of hydrogen-bond donors (Lipinski definition) is 1. The van der Waals surface area contributed by atoms with Crippen molar-refractivity contribution in [2.24, 2.45) is 0 Å². The smallest absolute Gasteiger partial charge is 0.329 e. The van der Waals surface area contributed by atoms with Crippen LogP contribution in [-0.4, -0.2) is 28.7 Å². The number of ether oxygens (including phenoxy) is 1. The summed E-state index contributed by atoms with van der Waals surface area (Å²) < 4.78 is 5.44. The van der Waals surface area contributed by atoms with Gasteiger partial charge >= 0.3 is 5.97 Å². The molecule has 1 fully saturated rings. The second-order valence-electron chi connectivity index (χ2n) is 7.63. The highest BCUT2D eigenvalue weighted by Gasteiger charge is 2.48. The molecule has 1 aliphatic rings. The average Bonchev–Trinajstić information content (AvgIpc) is 2.84. The van der Waals surface area contributed by atoms with E-state index < -0.39 is 18.1 Å². The summed E-state index contributed by atoms with van der Waals surface area (Å²) in [5, 5.41) is 2.90. The lowest BCUT2D eigenvalue weighted by Gasteiger charge is -2.43. The third kappa shape index (κ3) is 4.86. The minimum atomic E-state index is -0.907. The van der Waals surface area contributed by atoms with Gasteiger partial charge in [-0.3, -0.25) is 9.59 Å². The Balaban J connectivity index is 1.49. The monoisotopic (exact) mass is 428 g/mol. The van der Waals surface area contributed by atoms with Crippen LogP contribution in [-0.2, 0) is 32.3 Å². The van der Waals surface area contributed by atoms with Gasteiger partial charge in [0.1, 0.15) is 18.7 Å². The molecule has 1 heterocycles. The quantitative estimate of drug-likeness (QED) is 0.441. The molecule has 2 amide bonds. The molecule has 4 rings (SSSR count). The number of benzene rings is 3. The first kappa shape index (κ1) is 21.3. The van der Waals surface area contributed by atoms with Gasteiger partial charge in [-0.1, -0.05) is 91.0 Å². The summed E-state index contributed by atoms with van der Waals surface area (Å²) >= 11 is 0. The second-order valence-corrected chi connectivity index (χ2v) is 7.63. The predicted molar refractivity (Wildman–Crippen MR) is 119 cm³/mol. The molecule has 6 heteroatoms. The van der Waals surface area contributed by atoms with E-state index in [4.69, 9.17) is 4.74 Å². The van der Waals surface area contributed by atoms with Crippen molar-refractivity contribution in [2.75, 3.05) is 0 Å². The normalized spacial score (nSPS) is 16.1. The Morgan fingerprint density at radius 1 is 0.875 bits per heavy atom. The largest absolute Gasteiger partial charge is 0.459 e. The summed E-state index contributed by atoms with van der Waals surface area (Å²) in [5.41, 5.74) is 2.45. The van der Waals surface area contributed by atoms with Crippen molar-refractivity contribution in [3.05, 3.63) is 108 Å². The molecule has 2 atom stereocenters. The molecule has 0 bridgehead atoms. The molecule has 0 radical (unpaired) electrons. The standard InChI is InChI=1S/C26H24N2O4/c29-23-16-22(26(31)32-18-20-12-6-2-7-13-20)28(23)24(21-14-8-3-9-15-21)25(30)27-17-19-10-4-1-5-11-19/h1-15,22,24H,16-18H2,(H,27,30). The highest BCUT2D eigenvalue weighted by atomic mass is 16.5.